The molecule has 1 heterocycles. The van der Waals surface area contributed by atoms with Gasteiger partial charge in [-0.15, -0.1) is 0 Å². The van der Waals surface area contributed by atoms with Gasteiger partial charge in [-0.05, 0) is 36.8 Å². The third-order valence-electron chi connectivity index (χ3n) is 4.20. The largest absolute Gasteiger partial charge is 0.342 e. The van der Waals surface area contributed by atoms with E-state index in [1.165, 1.54) is 25.3 Å². The second kappa shape index (κ2) is 2.84. The van der Waals surface area contributed by atoms with E-state index in [-0.39, 0.29) is 5.82 Å². The van der Waals surface area contributed by atoms with E-state index < -0.39 is 0 Å². The number of imidazole rings is 1. The molecule has 82 valence electrons. The summed E-state index contributed by atoms with van der Waals surface area (Å²) in [6, 6.07) is 5.10. The predicted molar refractivity (Wildman–Crippen MR) is 59.6 cm³/mol. The minimum absolute atomic E-state index is 0.217. The Bertz CT molecular complexity index is 550. The highest BCUT2D eigenvalue weighted by atomic mass is 19.1. The summed E-state index contributed by atoms with van der Waals surface area (Å²) in [4.78, 5) is 7.70. The average molecular weight is 216 g/mol. The first kappa shape index (κ1) is 8.74. The fraction of sp³-hybridized carbons (Fsp3) is 0.462. The number of nitrogens with one attached hydrogen (secondary N) is 1. The van der Waals surface area contributed by atoms with Crippen molar-refractivity contribution in [2.75, 3.05) is 0 Å². The molecule has 2 aliphatic rings. The Balaban J connectivity index is 1.79. The second-order valence-corrected chi connectivity index (χ2v) is 5.04. The van der Waals surface area contributed by atoms with E-state index in [1.54, 1.807) is 6.07 Å². The number of halogens is 1. The van der Waals surface area contributed by atoms with Crippen LogP contribution in [-0.2, 0) is 0 Å². The third kappa shape index (κ3) is 1.03. The lowest BCUT2D eigenvalue weighted by atomic mass is 10.1. The molecule has 2 nitrogen and oxygen atoms in total. The van der Waals surface area contributed by atoms with Gasteiger partial charge in [-0.2, -0.15) is 0 Å². The van der Waals surface area contributed by atoms with Crippen LogP contribution in [0.4, 0.5) is 4.39 Å². The molecule has 0 saturated heterocycles. The van der Waals surface area contributed by atoms with Gasteiger partial charge in [0.2, 0.25) is 0 Å². The maximum absolute atomic E-state index is 13.5. The Morgan fingerprint density at radius 2 is 2.06 bits per heavy atom. The van der Waals surface area contributed by atoms with Gasteiger partial charge in [-0.3, -0.25) is 0 Å². The van der Waals surface area contributed by atoms with E-state index in [1.807, 2.05) is 6.07 Å². The third-order valence-corrected chi connectivity index (χ3v) is 4.20. The molecule has 2 atom stereocenters. The van der Waals surface area contributed by atoms with Crippen LogP contribution in [0.25, 0.3) is 11.0 Å². The minimum atomic E-state index is -0.217. The van der Waals surface area contributed by atoms with Crippen molar-refractivity contribution in [3.63, 3.8) is 0 Å². The van der Waals surface area contributed by atoms with Crippen molar-refractivity contribution in [2.45, 2.75) is 25.2 Å². The summed E-state index contributed by atoms with van der Waals surface area (Å²) < 4.78 is 13.5. The van der Waals surface area contributed by atoms with Gasteiger partial charge in [0, 0.05) is 5.92 Å². The van der Waals surface area contributed by atoms with Crippen molar-refractivity contribution in [1.29, 1.82) is 0 Å². The molecule has 3 heteroatoms. The number of rotatable bonds is 1. The summed E-state index contributed by atoms with van der Waals surface area (Å²) in [6.07, 6.45) is 4.02. The van der Waals surface area contributed by atoms with Crippen molar-refractivity contribution >= 4 is 11.0 Å². The second-order valence-electron chi connectivity index (χ2n) is 5.04. The smallest absolute Gasteiger partial charge is 0.151 e. The van der Waals surface area contributed by atoms with E-state index >= 15 is 0 Å². The molecular weight excluding hydrogens is 203 g/mol. The number of nitrogens with zero attached hydrogens (tertiary/aromatic N) is 1. The van der Waals surface area contributed by atoms with Gasteiger partial charge in [0.05, 0.1) is 5.52 Å². The molecule has 1 aromatic heterocycles. The van der Waals surface area contributed by atoms with E-state index in [0.29, 0.717) is 11.4 Å². The van der Waals surface area contributed by atoms with Crippen LogP contribution >= 0.6 is 0 Å². The molecule has 0 spiro atoms. The highest BCUT2D eigenvalue weighted by Gasteiger charge is 2.54. The normalized spacial score (nSPS) is 31.9. The molecular formula is C13H13FN2. The van der Waals surface area contributed by atoms with Crippen LogP contribution in [0.3, 0.4) is 0 Å². The summed E-state index contributed by atoms with van der Waals surface area (Å²) in [5, 5.41) is 0. The van der Waals surface area contributed by atoms with E-state index in [0.717, 1.165) is 23.2 Å². The van der Waals surface area contributed by atoms with E-state index in [2.05, 4.69) is 9.97 Å². The zero-order valence-corrected chi connectivity index (χ0v) is 8.91. The highest BCUT2D eigenvalue weighted by molar-refractivity contribution is 5.75. The molecule has 0 amide bonds. The van der Waals surface area contributed by atoms with Gasteiger partial charge < -0.3 is 4.98 Å². The number of hydrogen-bond acceptors (Lipinski definition) is 1. The first-order valence-corrected chi connectivity index (χ1v) is 5.99. The lowest BCUT2D eigenvalue weighted by Crippen LogP contribution is -1.89. The molecule has 2 aliphatic carbocycles. The van der Waals surface area contributed by atoms with Crippen molar-refractivity contribution < 1.29 is 4.39 Å². The SMILES string of the molecule is Fc1cccc2[nH]c(C3C4CCCC43)nc12. The summed E-state index contributed by atoms with van der Waals surface area (Å²) >= 11 is 0. The first-order valence-electron chi connectivity index (χ1n) is 5.99. The van der Waals surface area contributed by atoms with Gasteiger partial charge >= 0.3 is 0 Å². The number of aromatic nitrogens is 2. The van der Waals surface area contributed by atoms with Crippen molar-refractivity contribution in [3.05, 3.63) is 29.8 Å². The van der Waals surface area contributed by atoms with Crippen LogP contribution in [0.1, 0.15) is 31.0 Å². The van der Waals surface area contributed by atoms with Gasteiger partial charge in [0.1, 0.15) is 11.3 Å². The number of benzene rings is 1. The number of fused-ring (bicyclic) bond motifs is 2. The van der Waals surface area contributed by atoms with Crippen LogP contribution in [0.15, 0.2) is 18.2 Å². The lowest BCUT2D eigenvalue weighted by molar-refractivity contribution is 0.635. The van der Waals surface area contributed by atoms with Crippen LogP contribution in [0, 0.1) is 17.7 Å². The van der Waals surface area contributed by atoms with Gasteiger partial charge in [-0.1, -0.05) is 12.5 Å². The molecule has 2 aromatic rings. The Hall–Kier alpha value is -1.38. The summed E-state index contributed by atoms with van der Waals surface area (Å²) in [7, 11) is 0. The van der Waals surface area contributed by atoms with Crippen molar-refractivity contribution in [2.24, 2.45) is 11.8 Å². The summed E-state index contributed by atoms with van der Waals surface area (Å²) in [6.45, 7) is 0. The molecule has 0 radical (unpaired) electrons. The number of para-hydroxylation sites is 1. The minimum Gasteiger partial charge on any atom is -0.342 e. The Morgan fingerprint density at radius 1 is 1.25 bits per heavy atom. The first-order chi connectivity index (χ1) is 7.84. The molecule has 2 fully saturated rings. The van der Waals surface area contributed by atoms with E-state index in [9.17, 15) is 4.39 Å². The molecule has 1 N–H and O–H groups in total. The number of H-pyrrole nitrogens is 1. The number of aromatic amines is 1. The highest BCUT2D eigenvalue weighted by Crippen LogP contribution is 2.62. The summed E-state index contributed by atoms with van der Waals surface area (Å²) in [5.74, 6) is 3.02. The standard InChI is InChI=1S/C13H13FN2/c14-9-5-2-6-10-12(9)16-13(15-10)11-7-3-1-4-8(7)11/h2,5-8,11H,1,3-4H2,(H,15,16). The maximum Gasteiger partial charge on any atom is 0.151 e. The van der Waals surface area contributed by atoms with Crippen molar-refractivity contribution in [1.82, 2.24) is 9.97 Å². The Morgan fingerprint density at radius 3 is 2.81 bits per heavy atom. The Labute approximate surface area is 92.9 Å². The molecule has 2 saturated carbocycles. The monoisotopic (exact) mass is 216 g/mol. The van der Waals surface area contributed by atoms with Crippen molar-refractivity contribution in [3.8, 4) is 0 Å². The van der Waals surface area contributed by atoms with Gasteiger partial charge in [-0.25, -0.2) is 9.37 Å². The quantitative estimate of drug-likeness (QED) is 0.779. The maximum atomic E-state index is 13.5. The molecule has 0 bridgehead atoms. The molecule has 2 unspecified atom stereocenters. The zero-order valence-electron chi connectivity index (χ0n) is 8.91. The van der Waals surface area contributed by atoms with Gasteiger partial charge in [0.15, 0.2) is 5.82 Å². The lowest BCUT2D eigenvalue weighted by Gasteiger charge is -1.97. The van der Waals surface area contributed by atoms with Crippen LogP contribution < -0.4 is 0 Å². The number of hydrogen-bond donors (Lipinski definition) is 1. The fourth-order valence-electron chi connectivity index (χ4n) is 3.40. The molecule has 1 aromatic carbocycles. The summed E-state index contributed by atoms with van der Waals surface area (Å²) in [5.41, 5.74) is 1.34. The van der Waals surface area contributed by atoms with Crippen LogP contribution in [-0.4, -0.2) is 9.97 Å². The molecule has 4 rings (SSSR count). The molecule has 0 aliphatic heterocycles. The van der Waals surface area contributed by atoms with Crippen LogP contribution in [0.2, 0.25) is 0 Å². The van der Waals surface area contributed by atoms with Crippen LogP contribution in [0.5, 0.6) is 0 Å². The Kier molecular flexibility index (Phi) is 1.55. The molecule has 16 heavy (non-hydrogen) atoms. The van der Waals surface area contributed by atoms with E-state index in [4.69, 9.17) is 0 Å². The predicted octanol–water partition coefficient (Wildman–Crippen LogP) is 3.22. The topological polar surface area (TPSA) is 28.7 Å². The zero-order chi connectivity index (χ0) is 10.7. The fourth-order valence-corrected chi connectivity index (χ4v) is 3.40. The van der Waals surface area contributed by atoms with Gasteiger partial charge in [0.25, 0.3) is 0 Å². The average Bonchev–Trinajstić information content (AvgIpc) is 2.72.